The molecule has 6 nitrogen and oxygen atoms in total. The van der Waals surface area contributed by atoms with E-state index in [1.165, 1.54) is 38.5 Å². The van der Waals surface area contributed by atoms with Crippen LogP contribution in [0.5, 0.6) is 0 Å². The summed E-state index contributed by atoms with van der Waals surface area (Å²) in [6.07, 6.45) is 10.3. The van der Waals surface area contributed by atoms with Crippen molar-refractivity contribution >= 4 is 41.1 Å². The largest absolute Gasteiger partial charge is 0.480 e. The number of anilines is 1. The first-order valence-electron chi connectivity index (χ1n) is 15.0. The molecule has 1 aliphatic rings. The molecule has 1 aliphatic carbocycles. The van der Waals surface area contributed by atoms with Gasteiger partial charge in [-0.1, -0.05) is 63.3 Å². The minimum Gasteiger partial charge on any atom is -0.480 e. The van der Waals surface area contributed by atoms with Crippen LogP contribution in [-0.4, -0.2) is 66.7 Å². The van der Waals surface area contributed by atoms with Crippen LogP contribution in [0.15, 0.2) is 36.4 Å². The second-order valence-electron chi connectivity index (χ2n) is 11.4. The van der Waals surface area contributed by atoms with Gasteiger partial charge in [0.15, 0.2) is 0 Å². The van der Waals surface area contributed by atoms with Gasteiger partial charge in [0.2, 0.25) is 0 Å². The van der Waals surface area contributed by atoms with Crippen molar-refractivity contribution in [2.24, 2.45) is 5.92 Å². The molecule has 0 saturated heterocycles. The van der Waals surface area contributed by atoms with Crippen molar-refractivity contribution < 1.29 is 14.7 Å². The molecule has 226 valence electrons. The summed E-state index contributed by atoms with van der Waals surface area (Å²) in [5.41, 5.74) is 5.50. The fourth-order valence-electron chi connectivity index (χ4n) is 5.76. The van der Waals surface area contributed by atoms with Crippen LogP contribution in [0.25, 0.3) is 11.1 Å². The average molecular weight is 600 g/mol. The van der Waals surface area contributed by atoms with E-state index in [0.717, 1.165) is 45.4 Å². The Labute approximate surface area is 255 Å². The molecule has 0 radical (unpaired) electrons. The highest BCUT2D eigenvalue weighted by atomic mass is 32.2. The van der Waals surface area contributed by atoms with Gasteiger partial charge in [-0.25, -0.2) is 4.79 Å². The van der Waals surface area contributed by atoms with Gasteiger partial charge in [0, 0.05) is 43.7 Å². The summed E-state index contributed by atoms with van der Waals surface area (Å²) < 4.78 is 0. The summed E-state index contributed by atoms with van der Waals surface area (Å²) in [7, 11) is 4.00. The number of aryl methyl sites for hydroxylation is 1. The lowest BCUT2D eigenvalue weighted by Gasteiger charge is -2.28. The Hall–Kier alpha value is -2.16. The van der Waals surface area contributed by atoms with E-state index in [4.69, 9.17) is 0 Å². The van der Waals surface area contributed by atoms with Gasteiger partial charge in [0.05, 0.1) is 0 Å². The highest BCUT2D eigenvalue weighted by Gasteiger charge is 2.25. The van der Waals surface area contributed by atoms with Gasteiger partial charge >= 0.3 is 5.97 Å². The van der Waals surface area contributed by atoms with Crippen LogP contribution in [-0.2, 0) is 11.3 Å². The molecule has 0 spiro atoms. The van der Waals surface area contributed by atoms with E-state index in [2.05, 4.69) is 41.5 Å². The zero-order chi connectivity index (χ0) is 29.8. The third-order valence-corrected chi connectivity index (χ3v) is 9.73. The van der Waals surface area contributed by atoms with Crippen molar-refractivity contribution in [1.29, 1.82) is 0 Å². The van der Waals surface area contributed by atoms with E-state index < -0.39 is 12.0 Å². The molecule has 1 unspecified atom stereocenters. The van der Waals surface area contributed by atoms with Crippen LogP contribution < -0.4 is 15.5 Å². The number of benzene rings is 2. The van der Waals surface area contributed by atoms with Crippen LogP contribution >= 0.6 is 23.5 Å². The maximum absolute atomic E-state index is 13.7. The lowest BCUT2D eigenvalue weighted by molar-refractivity contribution is -0.139. The van der Waals surface area contributed by atoms with Gasteiger partial charge in [-0.05, 0) is 77.8 Å². The quantitative estimate of drug-likeness (QED) is 0.195. The number of carboxylic acid groups (broad SMARTS) is 1. The smallest absolute Gasteiger partial charge is 0.326 e. The summed E-state index contributed by atoms with van der Waals surface area (Å²) in [5.74, 6) is 2.31. The number of nitrogens with one attached hydrogen (secondary N) is 2. The van der Waals surface area contributed by atoms with E-state index >= 15 is 0 Å². The molecule has 1 fully saturated rings. The second kappa shape index (κ2) is 17.1. The number of hydrogen-bond donors (Lipinski definition) is 3. The number of carbonyl (C=O) groups is 2. The maximum atomic E-state index is 13.7. The summed E-state index contributed by atoms with van der Waals surface area (Å²) in [4.78, 5) is 27.7. The maximum Gasteiger partial charge on any atom is 0.326 e. The third-order valence-electron chi connectivity index (χ3n) is 8.04. The highest BCUT2D eigenvalue weighted by Crippen LogP contribution is 2.34. The van der Waals surface area contributed by atoms with Gasteiger partial charge in [-0.15, -0.1) is 0 Å². The first kappa shape index (κ1) is 33.3. The van der Waals surface area contributed by atoms with Gasteiger partial charge in [0.1, 0.15) is 6.04 Å². The number of carbonyl (C=O) groups excluding carboxylic acids is 1. The van der Waals surface area contributed by atoms with Crippen molar-refractivity contribution in [1.82, 2.24) is 10.6 Å². The standard InChI is InChI=1S/C33H49N3O3S2/c1-6-41-22-26(18-24-13-8-7-9-14-24)34-21-25-19-28(27-15-11-10-12-23(27)2)29(20-31(25)36(3)4)32(37)35-30(33(38)39)16-17-40-5/h10-12,15,19-20,24,26,30,34H,6-9,13-14,16-18,21-22H2,1-5H3,(H,35,37)(H,38,39)/t26-,30?/m0/s1. The Morgan fingerprint density at radius 1 is 1.10 bits per heavy atom. The molecule has 1 amide bonds. The van der Waals surface area contributed by atoms with Crippen molar-refractivity contribution in [3.05, 3.63) is 53.1 Å². The average Bonchev–Trinajstić information content (AvgIpc) is 2.96. The summed E-state index contributed by atoms with van der Waals surface area (Å²) in [6, 6.07) is 11.7. The molecule has 2 aromatic rings. The van der Waals surface area contributed by atoms with Crippen LogP contribution in [0.3, 0.4) is 0 Å². The molecule has 3 N–H and O–H groups in total. The predicted octanol–water partition coefficient (Wildman–Crippen LogP) is 6.85. The predicted molar refractivity (Wildman–Crippen MR) is 178 cm³/mol. The van der Waals surface area contributed by atoms with E-state index in [1.54, 1.807) is 11.8 Å². The highest BCUT2D eigenvalue weighted by molar-refractivity contribution is 7.99. The molecule has 2 atom stereocenters. The van der Waals surface area contributed by atoms with Crippen LogP contribution in [0.1, 0.15) is 73.4 Å². The number of rotatable bonds is 16. The molecule has 8 heteroatoms. The summed E-state index contributed by atoms with van der Waals surface area (Å²) in [5, 5.41) is 16.5. The molecular weight excluding hydrogens is 551 g/mol. The minimum absolute atomic E-state index is 0.353. The fraction of sp³-hybridized carbons (Fsp3) is 0.576. The number of amides is 1. The van der Waals surface area contributed by atoms with Crippen LogP contribution in [0.2, 0.25) is 0 Å². The lowest BCUT2D eigenvalue weighted by Crippen LogP contribution is -2.41. The summed E-state index contributed by atoms with van der Waals surface area (Å²) in [6.45, 7) is 4.98. The summed E-state index contributed by atoms with van der Waals surface area (Å²) >= 11 is 3.57. The van der Waals surface area contributed by atoms with Crippen molar-refractivity contribution in [2.45, 2.75) is 77.4 Å². The molecule has 1 saturated carbocycles. The van der Waals surface area contributed by atoms with E-state index in [9.17, 15) is 14.7 Å². The van der Waals surface area contributed by atoms with Gasteiger partial charge in [-0.3, -0.25) is 4.79 Å². The SMILES string of the molecule is CCSC[C@H](CC1CCCCC1)NCc1cc(-c2ccccc2C)c(C(=O)NC(CCSC)C(=O)O)cc1N(C)C. The van der Waals surface area contributed by atoms with Gasteiger partial charge in [-0.2, -0.15) is 23.5 Å². The second-order valence-corrected chi connectivity index (χ2v) is 13.7. The Bertz CT molecular complexity index is 1130. The lowest BCUT2D eigenvalue weighted by atomic mass is 9.85. The topological polar surface area (TPSA) is 81.7 Å². The Morgan fingerprint density at radius 2 is 1.83 bits per heavy atom. The first-order valence-corrected chi connectivity index (χ1v) is 17.5. The fourth-order valence-corrected chi connectivity index (χ4v) is 7.00. The normalized spacial score (nSPS) is 15.3. The molecule has 2 aromatic carbocycles. The monoisotopic (exact) mass is 599 g/mol. The molecule has 0 bridgehead atoms. The van der Waals surface area contributed by atoms with E-state index in [-0.39, 0.29) is 5.91 Å². The van der Waals surface area contributed by atoms with Crippen molar-refractivity contribution in [2.75, 3.05) is 42.5 Å². The first-order chi connectivity index (χ1) is 19.7. The molecule has 0 aliphatic heterocycles. The van der Waals surface area contributed by atoms with Gasteiger partial charge in [0.25, 0.3) is 5.91 Å². The van der Waals surface area contributed by atoms with Crippen LogP contribution in [0.4, 0.5) is 5.69 Å². The molecular formula is C33H49N3O3S2. The number of nitrogens with zero attached hydrogens (tertiary/aromatic N) is 1. The Kier molecular flexibility index (Phi) is 13.9. The number of thioether (sulfide) groups is 2. The Morgan fingerprint density at radius 3 is 2.46 bits per heavy atom. The number of aliphatic carboxylic acids is 1. The third kappa shape index (κ3) is 9.97. The molecule has 0 heterocycles. The Balaban J connectivity index is 1.97. The number of carboxylic acids is 1. The van der Waals surface area contributed by atoms with E-state index in [0.29, 0.717) is 30.3 Å². The zero-order valence-corrected chi connectivity index (χ0v) is 27.1. The molecule has 41 heavy (non-hydrogen) atoms. The van der Waals surface area contributed by atoms with Crippen molar-refractivity contribution in [3.8, 4) is 11.1 Å². The van der Waals surface area contributed by atoms with E-state index in [1.807, 2.05) is 56.4 Å². The van der Waals surface area contributed by atoms with Gasteiger partial charge < -0.3 is 20.6 Å². The molecule has 0 aromatic heterocycles. The molecule has 3 rings (SSSR count). The van der Waals surface area contributed by atoms with Crippen LogP contribution in [0, 0.1) is 12.8 Å². The number of hydrogen-bond acceptors (Lipinski definition) is 6. The zero-order valence-electron chi connectivity index (χ0n) is 25.5. The van der Waals surface area contributed by atoms with Crippen molar-refractivity contribution in [3.63, 3.8) is 0 Å². The minimum atomic E-state index is -1.01.